The van der Waals surface area contributed by atoms with Crippen LogP contribution in [0.4, 0.5) is 15.8 Å². The Balaban J connectivity index is 1.92. The fourth-order valence-electron chi connectivity index (χ4n) is 2.97. The molecule has 0 aliphatic heterocycles. The second kappa shape index (κ2) is 7.41. The molecule has 0 aromatic heterocycles. The van der Waals surface area contributed by atoms with E-state index in [9.17, 15) is 9.18 Å². The van der Waals surface area contributed by atoms with Crippen LogP contribution in [0.5, 0.6) is 0 Å². The van der Waals surface area contributed by atoms with E-state index in [1.54, 1.807) is 0 Å². The van der Waals surface area contributed by atoms with E-state index in [1.165, 1.54) is 50.3 Å². The zero-order chi connectivity index (χ0) is 15.2. The molecule has 0 spiro atoms. The Morgan fingerprint density at radius 1 is 1.38 bits per heavy atom. The molecule has 5 heteroatoms. The van der Waals surface area contributed by atoms with Crippen molar-refractivity contribution in [1.29, 1.82) is 0 Å². The van der Waals surface area contributed by atoms with Crippen LogP contribution in [0.15, 0.2) is 18.2 Å². The molecule has 0 radical (unpaired) electrons. The number of hydrogen-bond acceptors (Lipinski definition) is 3. The molecule has 1 aliphatic rings. The molecule has 0 heterocycles. The predicted octanol–water partition coefficient (Wildman–Crippen LogP) is 3.00. The molecule has 1 aromatic carbocycles. The van der Waals surface area contributed by atoms with Crippen molar-refractivity contribution in [1.82, 2.24) is 4.90 Å². The topological polar surface area (TPSA) is 58.4 Å². The first-order valence-corrected chi connectivity index (χ1v) is 7.69. The Bertz CT molecular complexity index is 486. The summed E-state index contributed by atoms with van der Waals surface area (Å²) in [5.74, 6) is -0.497. The number of carbonyl (C=O) groups is 1. The number of hydrogen-bond donors (Lipinski definition) is 2. The lowest BCUT2D eigenvalue weighted by molar-refractivity contribution is -0.118. The number of nitrogens with one attached hydrogen (secondary N) is 1. The van der Waals surface area contributed by atoms with E-state index in [-0.39, 0.29) is 11.6 Å². The Hall–Kier alpha value is -1.62. The van der Waals surface area contributed by atoms with Crippen molar-refractivity contribution in [3.63, 3.8) is 0 Å². The molecule has 0 atom stereocenters. The summed E-state index contributed by atoms with van der Waals surface area (Å²) in [7, 11) is 0. The van der Waals surface area contributed by atoms with Crippen molar-refractivity contribution >= 4 is 17.3 Å². The van der Waals surface area contributed by atoms with Crippen LogP contribution in [0.25, 0.3) is 0 Å². The number of anilines is 2. The first-order valence-electron chi connectivity index (χ1n) is 7.69. The second-order valence-corrected chi connectivity index (χ2v) is 5.63. The Morgan fingerprint density at radius 2 is 2.10 bits per heavy atom. The van der Waals surface area contributed by atoms with Gasteiger partial charge >= 0.3 is 0 Å². The van der Waals surface area contributed by atoms with E-state index < -0.39 is 5.82 Å². The van der Waals surface area contributed by atoms with E-state index in [0.29, 0.717) is 18.3 Å². The lowest BCUT2D eigenvalue weighted by Gasteiger charge is -2.32. The zero-order valence-corrected chi connectivity index (χ0v) is 12.6. The monoisotopic (exact) mass is 293 g/mol. The minimum absolute atomic E-state index is 0.0965. The molecule has 1 aliphatic carbocycles. The number of carbonyl (C=O) groups excluding carboxylic acids is 1. The first-order chi connectivity index (χ1) is 10.1. The molecule has 116 valence electrons. The Kier molecular flexibility index (Phi) is 5.56. The SMILES string of the molecule is CCN(CC(=O)Nc1ccc(F)cc1N)C1CCCCC1. The van der Waals surface area contributed by atoms with Crippen molar-refractivity contribution in [2.45, 2.75) is 45.1 Å². The number of halogens is 1. The van der Waals surface area contributed by atoms with Gasteiger partial charge in [0.15, 0.2) is 0 Å². The van der Waals surface area contributed by atoms with Gasteiger partial charge in [-0.3, -0.25) is 9.69 Å². The van der Waals surface area contributed by atoms with Crippen molar-refractivity contribution in [3.05, 3.63) is 24.0 Å². The maximum Gasteiger partial charge on any atom is 0.238 e. The van der Waals surface area contributed by atoms with Crippen LogP contribution in [-0.4, -0.2) is 29.9 Å². The number of nitrogens with zero attached hydrogens (tertiary/aromatic N) is 1. The summed E-state index contributed by atoms with van der Waals surface area (Å²) in [6, 6.07) is 4.51. The van der Waals surface area contributed by atoms with Gasteiger partial charge in [-0.15, -0.1) is 0 Å². The quantitative estimate of drug-likeness (QED) is 0.821. The van der Waals surface area contributed by atoms with E-state index >= 15 is 0 Å². The van der Waals surface area contributed by atoms with Gasteiger partial charge < -0.3 is 11.1 Å². The summed E-state index contributed by atoms with van der Waals surface area (Å²) in [5, 5.41) is 2.77. The third-order valence-electron chi connectivity index (χ3n) is 4.13. The van der Waals surface area contributed by atoms with Crippen molar-refractivity contribution in [2.75, 3.05) is 24.1 Å². The molecule has 0 saturated heterocycles. The van der Waals surface area contributed by atoms with E-state index in [0.717, 1.165) is 6.54 Å². The third-order valence-corrected chi connectivity index (χ3v) is 4.13. The highest BCUT2D eigenvalue weighted by molar-refractivity contribution is 5.95. The number of amides is 1. The van der Waals surface area contributed by atoms with Gasteiger partial charge in [0.1, 0.15) is 5.82 Å². The van der Waals surface area contributed by atoms with E-state index in [4.69, 9.17) is 5.73 Å². The summed E-state index contributed by atoms with van der Waals surface area (Å²) in [5.41, 5.74) is 6.43. The summed E-state index contributed by atoms with van der Waals surface area (Å²) >= 11 is 0. The molecule has 0 unspecified atom stereocenters. The molecule has 3 N–H and O–H groups in total. The van der Waals surface area contributed by atoms with Gasteiger partial charge in [-0.25, -0.2) is 4.39 Å². The highest BCUT2D eigenvalue weighted by atomic mass is 19.1. The Morgan fingerprint density at radius 3 is 2.71 bits per heavy atom. The molecule has 1 aromatic rings. The van der Waals surface area contributed by atoms with Gasteiger partial charge in [-0.05, 0) is 37.6 Å². The summed E-state index contributed by atoms with van der Waals surface area (Å²) in [6.45, 7) is 3.29. The highest BCUT2D eigenvalue weighted by Gasteiger charge is 2.21. The van der Waals surface area contributed by atoms with Gasteiger partial charge in [0.25, 0.3) is 0 Å². The van der Waals surface area contributed by atoms with Gasteiger partial charge in [0, 0.05) is 6.04 Å². The Labute approximate surface area is 125 Å². The van der Waals surface area contributed by atoms with Crippen LogP contribution in [-0.2, 0) is 4.79 Å². The normalized spacial score (nSPS) is 16.1. The molecule has 4 nitrogen and oxygen atoms in total. The number of nitrogens with two attached hydrogens (primary N) is 1. The average molecular weight is 293 g/mol. The highest BCUT2D eigenvalue weighted by Crippen LogP contribution is 2.23. The van der Waals surface area contributed by atoms with Crippen LogP contribution in [0.3, 0.4) is 0 Å². The van der Waals surface area contributed by atoms with Gasteiger partial charge in [-0.1, -0.05) is 26.2 Å². The maximum absolute atomic E-state index is 13.0. The van der Waals surface area contributed by atoms with Crippen LogP contribution < -0.4 is 11.1 Å². The zero-order valence-electron chi connectivity index (χ0n) is 12.6. The minimum atomic E-state index is -0.400. The second-order valence-electron chi connectivity index (χ2n) is 5.63. The predicted molar refractivity (Wildman–Crippen MR) is 83.6 cm³/mol. The standard InChI is InChI=1S/C16H24FN3O/c1-2-20(13-6-4-3-5-7-13)11-16(21)19-15-9-8-12(17)10-14(15)18/h8-10,13H,2-7,11,18H2,1H3,(H,19,21). The molecule has 0 bridgehead atoms. The molecular weight excluding hydrogens is 269 g/mol. The molecular formula is C16H24FN3O. The number of likely N-dealkylation sites (N-methyl/N-ethyl adjacent to an activating group) is 1. The fraction of sp³-hybridized carbons (Fsp3) is 0.562. The fourth-order valence-corrected chi connectivity index (χ4v) is 2.97. The molecule has 2 rings (SSSR count). The van der Waals surface area contributed by atoms with Crippen molar-refractivity contribution in [3.8, 4) is 0 Å². The first kappa shape index (κ1) is 15.8. The molecule has 21 heavy (non-hydrogen) atoms. The van der Waals surface area contributed by atoms with Gasteiger partial charge in [-0.2, -0.15) is 0 Å². The molecule has 1 saturated carbocycles. The largest absolute Gasteiger partial charge is 0.397 e. The van der Waals surface area contributed by atoms with E-state index in [1.807, 2.05) is 0 Å². The van der Waals surface area contributed by atoms with E-state index in [2.05, 4.69) is 17.1 Å². The lowest BCUT2D eigenvalue weighted by Crippen LogP contribution is -2.41. The number of rotatable bonds is 5. The van der Waals surface area contributed by atoms with Gasteiger partial charge in [0.2, 0.25) is 5.91 Å². The number of benzene rings is 1. The molecule has 1 amide bonds. The van der Waals surface area contributed by atoms with Crippen LogP contribution in [0.1, 0.15) is 39.0 Å². The number of nitrogen functional groups attached to an aromatic ring is 1. The van der Waals surface area contributed by atoms with Crippen LogP contribution in [0, 0.1) is 5.82 Å². The smallest absolute Gasteiger partial charge is 0.238 e. The minimum Gasteiger partial charge on any atom is -0.397 e. The average Bonchev–Trinajstić information content (AvgIpc) is 2.48. The van der Waals surface area contributed by atoms with Crippen molar-refractivity contribution in [2.24, 2.45) is 0 Å². The lowest BCUT2D eigenvalue weighted by atomic mass is 9.94. The maximum atomic E-state index is 13.0. The summed E-state index contributed by atoms with van der Waals surface area (Å²) in [6.07, 6.45) is 6.12. The van der Waals surface area contributed by atoms with Crippen LogP contribution in [0.2, 0.25) is 0 Å². The summed E-state index contributed by atoms with van der Waals surface area (Å²) < 4.78 is 13.0. The van der Waals surface area contributed by atoms with Crippen molar-refractivity contribution < 1.29 is 9.18 Å². The third kappa shape index (κ3) is 4.43. The van der Waals surface area contributed by atoms with Gasteiger partial charge in [0.05, 0.1) is 17.9 Å². The molecule has 1 fully saturated rings. The van der Waals surface area contributed by atoms with Crippen LogP contribution >= 0.6 is 0 Å². The summed E-state index contributed by atoms with van der Waals surface area (Å²) in [4.78, 5) is 14.4.